The largest absolute Gasteiger partial charge is 0.497 e. The molecule has 7 nitrogen and oxygen atoms in total. The van der Waals surface area contributed by atoms with Gasteiger partial charge in [-0.1, -0.05) is 17.4 Å². The van der Waals surface area contributed by atoms with Gasteiger partial charge < -0.3 is 14.7 Å². The molecule has 29 heavy (non-hydrogen) atoms. The zero-order valence-corrected chi connectivity index (χ0v) is 17.6. The van der Waals surface area contributed by atoms with E-state index in [1.54, 1.807) is 18.4 Å². The summed E-state index contributed by atoms with van der Waals surface area (Å²) in [5, 5.41) is 17.0. The summed E-state index contributed by atoms with van der Waals surface area (Å²) in [6.45, 7) is 3.66. The first-order valence-corrected chi connectivity index (χ1v) is 11.1. The van der Waals surface area contributed by atoms with Crippen LogP contribution in [0.2, 0.25) is 0 Å². The van der Waals surface area contributed by atoms with Crippen molar-refractivity contribution in [3.05, 3.63) is 57.9 Å². The van der Waals surface area contributed by atoms with E-state index in [4.69, 9.17) is 4.74 Å². The van der Waals surface area contributed by atoms with Gasteiger partial charge in [0.1, 0.15) is 12.1 Å². The Morgan fingerprint density at radius 1 is 1.10 bits per heavy atom. The van der Waals surface area contributed by atoms with Crippen molar-refractivity contribution in [1.82, 2.24) is 19.5 Å². The van der Waals surface area contributed by atoms with E-state index in [-0.39, 0.29) is 11.9 Å². The second-order valence-corrected chi connectivity index (χ2v) is 8.87. The van der Waals surface area contributed by atoms with Crippen molar-refractivity contribution < 1.29 is 9.84 Å². The lowest BCUT2D eigenvalue weighted by atomic mass is 10.1. The Kier molecular flexibility index (Phi) is 4.86. The van der Waals surface area contributed by atoms with Crippen LogP contribution in [0.4, 0.5) is 5.69 Å². The lowest BCUT2D eigenvalue weighted by Crippen LogP contribution is -2.47. The smallest absolute Gasteiger partial charge is 0.230 e. The second kappa shape index (κ2) is 7.66. The maximum Gasteiger partial charge on any atom is 0.230 e. The van der Waals surface area contributed by atoms with E-state index in [0.29, 0.717) is 0 Å². The first-order valence-electron chi connectivity index (χ1n) is 9.42. The average Bonchev–Trinajstić information content (AvgIpc) is 3.50. The van der Waals surface area contributed by atoms with Crippen LogP contribution in [0.15, 0.2) is 48.1 Å². The van der Waals surface area contributed by atoms with Gasteiger partial charge >= 0.3 is 0 Å². The molecular formula is C20H21N5O2S2. The van der Waals surface area contributed by atoms with Crippen LogP contribution in [0.25, 0.3) is 4.96 Å². The molecule has 1 aromatic carbocycles. The number of hydrogen-bond donors (Lipinski definition) is 1. The number of methoxy groups -OCH3 is 1. The summed E-state index contributed by atoms with van der Waals surface area (Å²) in [7, 11) is 1.69. The standard InChI is InChI=1S/C20H21N5O2S2/c1-27-15-6-4-14(5-7-15)23-8-10-24(11-9-23)17(16-3-2-12-28-16)18-19(26)25-20(29-18)21-13-22-25/h2-7,12-13,17,26H,8-11H2,1H3/t17-/m1/s1. The van der Waals surface area contributed by atoms with Gasteiger partial charge in [0, 0.05) is 36.7 Å². The van der Waals surface area contributed by atoms with Gasteiger partial charge in [0.15, 0.2) is 0 Å². The second-order valence-electron chi connectivity index (χ2n) is 6.88. The van der Waals surface area contributed by atoms with Gasteiger partial charge in [0.2, 0.25) is 10.8 Å². The molecule has 0 amide bonds. The monoisotopic (exact) mass is 427 g/mol. The van der Waals surface area contributed by atoms with E-state index in [2.05, 4.69) is 49.5 Å². The molecule has 1 atom stereocenters. The Labute approximate surface area is 176 Å². The molecule has 4 aromatic rings. The summed E-state index contributed by atoms with van der Waals surface area (Å²) in [5.74, 6) is 1.07. The molecule has 0 radical (unpaired) electrons. The number of benzene rings is 1. The van der Waals surface area contributed by atoms with Gasteiger partial charge in [-0.25, -0.2) is 4.98 Å². The minimum absolute atomic E-state index is 0.0153. The van der Waals surface area contributed by atoms with Crippen LogP contribution in [0.5, 0.6) is 11.6 Å². The Hall–Kier alpha value is -2.62. The molecule has 0 saturated carbocycles. The molecule has 0 unspecified atom stereocenters. The molecule has 9 heteroatoms. The van der Waals surface area contributed by atoms with Crippen molar-refractivity contribution in [2.45, 2.75) is 6.04 Å². The third-order valence-corrected chi connectivity index (χ3v) is 7.33. The topological polar surface area (TPSA) is 66.1 Å². The number of thiazole rings is 1. The zero-order chi connectivity index (χ0) is 19.8. The van der Waals surface area contributed by atoms with Crippen molar-refractivity contribution in [3.8, 4) is 11.6 Å². The summed E-state index contributed by atoms with van der Waals surface area (Å²) in [4.78, 5) is 11.9. The SMILES string of the molecule is COc1ccc(N2CCN([C@H](c3cccs3)c3sc4ncnn4c3O)CC2)cc1. The van der Waals surface area contributed by atoms with Crippen LogP contribution in [0.3, 0.4) is 0 Å². The molecule has 3 aromatic heterocycles. The molecule has 5 rings (SSSR count). The van der Waals surface area contributed by atoms with E-state index >= 15 is 0 Å². The van der Waals surface area contributed by atoms with Crippen molar-refractivity contribution in [2.24, 2.45) is 0 Å². The number of fused-ring (bicyclic) bond motifs is 1. The third-order valence-electron chi connectivity index (χ3n) is 5.32. The molecule has 1 aliphatic heterocycles. The van der Waals surface area contributed by atoms with Crippen LogP contribution < -0.4 is 9.64 Å². The zero-order valence-electron chi connectivity index (χ0n) is 15.9. The fraction of sp³-hybridized carbons (Fsp3) is 0.300. The van der Waals surface area contributed by atoms with Crippen LogP contribution in [-0.2, 0) is 0 Å². The molecule has 150 valence electrons. The number of anilines is 1. The van der Waals surface area contributed by atoms with Gasteiger partial charge in [-0.2, -0.15) is 9.61 Å². The van der Waals surface area contributed by atoms with Crippen molar-refractivity contribution >= 4 is 33.3 Å². The number of nitrogens with zero attached hydrogens (tertiary/aromatic N) is 5. The lowest BCUT2D eigenvalue weighted by Gasteiger charge is -2.39. The van der Waals surface area contributed by atoms with Gasteiger partial charge in [-0.05, 0) is 35.7 Å². The van der Waals surface area contributed by atoms with Gasteiger partial charge in [0.05, 0.1) is 18.0 Å². The molecule has 1 aliphatic rings. The molecule has 0 bridgehead atoms. The van der Waals surface area contributed by atoms with E-state index in [1.807, 2.05) is 12.1 Å². The Bertz CT molecular complexity index is 1080. The van der Waals surface area contributed by atoms with Crippen molar-refractivity contribution in [2.75, 3.05) is 38.2 Å². The minimum Gasteiger partial charge on any atom is -0.497 e. The summed E-state index contributed by atoms with van der Waals surface area (Å²) in [6, 6.07) is 12.4. The molecule has 0 spiro atoms. The highest BCUT2D eigenvalue weighted by Crippen LogP contribution is 2.41. The number of hydrogen-bond acceptors (Lipinski definition) is 8. The maximum absolute atomic E-state index is 10.8. The molecule has 0 aliphatic carbocycles. The average molecular weight is 428 g/mol. The number of aromatic hydroxyl groups is 1. The highest BCUT2D eigenvalue weighted by molar-refractivity contribution is 7.17. The Morgan fingerprint density at radius 2 is 1.90 bits per heavy atom. The summed E-state index contributed by atoms with van der Waals surface area (Å²) in [6.07, 6.45) is 1.48. The van der Waals surface area contributed by atoms with Crippen molar-refractivity contribution in [3.63, 3.8) is 0 Å². The number of aromatic nitrogens is 3. The normalized spacial score (nSPS) is 16.4. The van der Waals surface area contributed by atoms with Crippen molar-refractivity contribution in [1.29, 1.82) is 0 Å². The van der Waals surface area contributed by atoms with Gasteiger partial charge in [-0.15, -0.1) is 11.3 Å². The fourth-order valence-electron chi connectivity index (χ4n) is 3.83. The summed E-state index contributed by atoms with van der Waals surface area (Å²) < 4.78 is 6.79. The maximum atomic E-state index is 10.8. The summed E-state index contributed by atoms with van der Waals surface area (Å²) >= 11 is 3.23. The summed E-state index contributed by atoms with van der Waals surface area (Å²) in [5.41, 5.74) is 1.21. The highest BCUT2D eigenvalue weighted by atomic mass is 32.1. The van der Waals surface area contributed by atoms with Crippen LogP contribution in [-0.4, -0.2) is 57.9 Å². The Balaban J connectivity index is 1.39. The number of rotatable bonds is 5. The van der Waals surface area contributed by atoms with Gasteiger partial charge in [0.25, 0.3) is 0 Å². The van der Waals surface area contributed by atoms with Gasteiger partial charge in [-0.3, -0.25) is 4.90 Å². The van der Waals surface area contributed by atoms with Crippen LogP contribution in [0.1, 0.15) is 15.8 Å². The molecule has 1 N–H and O–H groups in total. The molecule has 4 heterocycles. The number of ether oxygens (including phenoxy) is 1. The Morgan fingerprint density at radius 3 is 2.55 bits per heavy atom. The third kappa shape index (κ3) is 3.35. The fourth-order valence-corrected chi connectivity index (χ4v) is 5.85. The number of thiophene rings is 1. The first-order chi connectivity index (χ1) is 14.2. The quantitative estimate of drug-likeness (QED) is 0.526. The van der Waals surface area contributed by atoms with Crippen LogP contribution in [0, 0.1) is 0 Å². The van der Waals surface area contributed by atoms with E-state index in [0.717, 1.165) is 41.8 Å². The molecule has 1 fully saturated rings. The number of piperazine rings is 1. The minimum atomic E-state index is 0.0153. The molecule has 1 saturated heterocycles. The van der Waals surface area contributed by atoms with E-state index in [1.165, 1.54) is 32.7 Å². The first kappa shape index (κ1) is 18.4. The van der Waals surface area contributed by atoms with E-state index < -0.39 is 0 Å². The lowest BCUT2D eigenvalue weighted by molar-refractivity contribution is 0.213. The molecular weight excluding hydrogens is 406 g/mol. The van der Waals surface area contributed by atoms with E-state index in [9.17, 15) is 5.11 Å². The predicted octanol–water partition coefficient (Wildman–Crippen LogP) is 3.48. The highest BCUT2D eigenvalue weighted by Gasteiger charge is 2.32. The predicted molar refractivity (Wildman–Crippen MR) is 115 cm³/mol. The van der Waals surface area contributed by atoms with Crippen LogP contribution >= 0.6 is 22.7 Å².